The number of hydrogen-bond acceptors (Lipinski definition) is 4. The van der Waals surface area contributed by atoms with Gasteiger partial charge < -0.3 is 24.5 Å². The van der Waals surface area contributed by atoms with Crippen LogP contribution in [0.25, 0.3) is 0 Å². The van der Waals surface area contributed by atoms with Gasteiger partial charge in [-0.15, -0.1) is 0 Å². The smallest absolute Gasteiger partial charge is 0.459 e. The lowest BCUT2D eigenvalue weighted by molar-refractivity contribution is -0.145. The van der Waals surface area contributed by atoms with Crippen molar-refractivity contribution >= 4 is 13.8 Å². The number of esters is 1. The van der Waals surface area contributed by atoms with Crippen molar-refractivity contribution in [2.75, 3.05) is 6.61 Å². The minimum atomic E-state index is -4.64. The van der Waals surface area contributed by atoms with E-state index in [2.05, 4.69) is 13.5 Å². The molecule has 8 heteroatoms. The topological polar surface area (TPSA) is 124 Å². The first kappa shape index (κ1) is 21.6. The van der Waals surface area contributed by atoms with Crippen molar-refractivity contribution in [2.24, 2.45) is 0 Å². The van der Waals surface area contributed by atoms with Gasteiger partial charge >= 0.3 is 13.8 Å². The molecular formula is C12H25O7P. The molecule has 0 saturated carbocycles. The van der Waals surface area contributed by atoms with Crippen molar-refractivity contribution in [3.8, 4) is 0 Å². The van der Waals surface area contributed by atoms with Crippen LogP contribution in [-0.2, 0) is 14.1 Å². The van der Waals surface area contributed by atoms with Crippen LogP contribution in [0.3, 0.4) is 0 Å². The van der Waals surface area contributed by atoms with Crippen LogP contribution >= 0.6 is 7.82 Å². The quantitative estimate of drug-likeness (QED) is 0.232. The maximum atomic E-state index is 11.3. The summed E-state index contributed by atoms with van der Waals surface area (Å²) in [5.41, 5.74) is 0.411. The van der Waals surface area contributed by atoms with E-state index in [1.807, 2.05) is 0 Å². The first-order chi connectivity index (χ1) is 9.11. The summed E-state index contributed by atoms with van der Waals surface area (Å²) in [5.74, 6) is -0.357. The number of rotatable bonds is 8. The number of carbonyl (C=O) groups is 1. The van der Waals surface area contributed by atoms with Gasteiger partial charge in [0.15, 0.2) is 0 Å². The van der Waals surface area contributed by atoms with E-state index in [0.29, 0.717) is 12.0 Å². The second kappa shape index (κ2) is 12.1. The van der Waals surface area contributed by atoms with Gasteiger partial charge in [-0.3, -0.25) is 0 Å². The number of hydrogen-bond donors (Lipinski definition) is 4. The fourth-order valence-electron chi connectivity index (χ4n) is 1.28. The fraction of sp³-hybridized carbons (Fsp3) is 0.750. The Kier molecular flexibility index (Phi) is 13.0. The third kappa shape index (κ3) is 19.6. The Morgan fingerprint density at radius 1 is 1.25 bits per heavy atom. The molecule has 0 aromatic carbocycles. The molecule has 0 aromatic heterocycles. The predicted molar refractivity (Wildman–Crippen MR) is 74.8 cm³/mol. The molecule has 0 spiro atoms. The Hall–Kier alpha value is -0.720. The average Bonchev–Trinajstić information content (AvgIpc) is 2.27. The zero-order valence-electron chi connectivity index (χ0n) is 12.0. The molecule has 0 rings (SSSR count). The minimum absolute atomic E-state index is 0.0558. The molecule has 0 radical (unpaired) electrons. The SMILES string of the molecule is C=C(C)C(=O)OC(CCO)CCCCC.O=P(O)(O)O. The maximum Gasteiger partial charge on any atom is 0.466 e. The number of unbranched alkanes of at least 4 members (excludes halogenated alkanes) is 2. The molecule has 0 amide bonds. The molecule has 20 heavy (non-hydrogen) atoms. The fourth-order valence-corrected chi connectivity index (χ4v) is 1.28. The normalized spacial score (nSPS) is 12.1. The van der Waals surface area contributed by atoms with Gasteiger partial charge in [0.2, 0.25) is 0 Å². The molecule has 1 unspecified atom stereocenters. The highest BCUT2D eigenvalue weighted by molar-refractivity contribution is 7.45. The van der Waals surface area contributed by atoms with E-state index < -0.39 is 7.82 Å². The molecule has 0 aliphatic heterocycles. The van der Waals surface area contributed by atoms with Crippen LogP contribution in [0.4, 0.5) is 0 Å². The van der Waals surface area contributed by atoms with Crippen LogP contribution < -0.4 is 0 Å². The molecule has 0 aliphatic rings. The van der Waals surface area contributed by atoms with Crippen LogP contribution in [0.5, 0.6) is 0 Å². The average molecular weight is 312 g/mol. The summed E-state index contributed by atoms with van der Waals surface area (Å²) in [6.45, 7) is 7.34. The number of phosphoric acid groups is 1. The van der Waals surface area contributed by atoms with Gasteiger partial charge in [0.25, 0.3) is 0 Å². The lowest BCUT2D eigenvalue weighted by Crippen LogP contribution is -2.19. The largest absolute Gasteiger partial charge is 0.466 e. The second-order valence-corrected chi connectivity index (χ2v) is 5.36. The van der Waals surface area contributed by atoms with Crippen LogP contribution in [0.1, 0.15) is 46.0 Å². The van der Waals surface area contributed by atoms with Gasteiger partial charge in [-0.1, -0.05) is 26.3 Å². The minimum Gasteiger partial charge on any atom is -0.459 e. The lowest BCUT2D eigenvalue weighted by atomic mass is 10.1. The predicted octanol–water partition coefficient (Wildman–Crippen LogP) is 1.51. The van der Waals surface area contributed by atoms with E-state index in [9.17, 15) is 4.79 Å². The summed E-state index contributed by atoms with van der Waals surface area (Å²) < 4.78 is 14.1. The van der Waals surface area contributed by atoms with Crippen LogP contribution in [0, 0.1) is 0 Å². The van der Waals surface area contributed by atoms with E-state index in [-0.39, 0.29) is 18.7 Å². The molecule has 7 nitrogen and oxygen atoms in total. The zero-order chi connectivity index (χ0) is 16.2. The Bertz CT molecular complexity index is 316. The lowest BCUT2D eigenvalue weighted by Gasteiger charge is -2.16. The third-order valence-electron chi connectivity index (χ3n) is 2.20. The molecule has 0 saturated heterocycles. The van der Waals surface area contributed by atoms with Gasteiger partial charge in [-0.2, -0.15) is 0 Å². The molecule has 1 atom stereocenters. The number of ether oxygens (including phenoxy) is 1. The van der Waals surface area contributed by atoms with Crippen LogP contribution in [0.2, 0.25) is 0 Å². The van der Waals surface area contributed by atoms with Crippen molar-refractivity contribution in [3.63, 3.8) is 0 Å². The Morgan fingerprint density at radius 2 is 1.75 bits per heavy atom. The zero-order valence-corrected chi connectivity index (χ0v) is 12.9. The Labute approximate surface area is 119 Å². The molecule has 4 N–H and O–H groups in total. The molecule has 120 valence electrons. The van der Waals surface area contributed by atoms with Crippen LogP contribution in [-0.4, -0.2) is 38.5 Å². The summed E-state index contributed by atoms with van der Waals surface area (Å²) in [7, 11) is -4.64. The number of aliphatic hydroxyl groups excluding tert-OH is 1. The molecule has 0 fully saturated rings. The first-order valence-electron chi connectivity index (χ1n) is 6.37. The van der Waals surface area contributed by atoms with Gasteiger partial charge in [0, 0.05) is 18.6 Å². The molecule has 0 aromatic rings. The number of aliphatic hydroxyl groups is 1. The summed E-state index contributed by atoms with van der Waals surface area (Å²) in [6.07, 6.45) is 4.49. The summed E-state index contributed by atoms with van der Waals surface area (Å²) in [5, 5.41) is 8.83. The molecule has 0 bridgehead atoms. The summed E-state index contributed by atoms with van der Waals surface area (Å²) in [4.78, 5) is 32.8. The van der Waals surface area contributed by atoms with E-state index in [0.717, 1.165) is 25.7 Å². The van der Waals surface area contributed by atoms with E-state index >= 15 is 0 Å². The highest BCUT2D eigenvalue weighted by atomic mass is 31.2. The molecule has 0 heterocycles. The van der Waals surface area contributed by atoms with Gasteiger partial charge in [0.1, 0.15) is 6.10 Å². The summed E-state index contributed by atoms with van der Waals surface area (Å²) in [6, 6.07) is 0. The first-order valence-corrected chi connectivity index (χ1v) is 7.94. The van der Waals surface area contributed by atoms with Gasteiger partial charge in [-0.25, -0.2) is 9.36 Å². The van der Waals surface area contributed by atoms with Crippen molar-refractivity contribution in [2.45, 2.75) is 52.1 Å². The van der Waals surface area contributed by atoms with Crippen LogP contribution in [0.15, 0.2) is 12.2 Å². The van der Waals surface area contributed by atoms with Gasteiger partial charge in [0.05, 0.1) is 0 Å². The molecular weight excluding hydrogens is 287 g/mol. The monoisotopic (exact) mass is 312 g/mol. The highest BCUT2D eigenvalue weighted by Gasteiger charge is 2.13. The third-order valence-corrected chi connectivity index (χ3v) is 2.20. The van der Waals surface area contributed by atoms with E-state index in [4.69, 9.17) is 29.1 Å². The van der Waals surface area contributed by atoms with E-state index in [1.165, 1.54) is 0 Å². The van der Waals surface area contributed by atoms with Crippen molar-refractivity contribution in [1.29, 1.82) is 0 Å². The second-order valence-electron chi connectivity index (χ2n) is 4.33. The number of carbonyl (C=O) groups excluding carboxylic acids is 1. The summed E-state index contributed by atoms with van der Waals surface area (Å²) >= 11 is 0. The standard InChI is InChI=1S/C12H22O3.H3O4P/c1-4-5-6-7-11(8-9-13)15-12(14)10(2)3;1-5(2,3)4/h11,13H,2,4-9H2,1,3H3;(H3,1,2,3,4). The molecule has 0 aliphatic carbocycles. The highest BCUT2D eigenvalue weighted by Crippen LogP contribution is 2.25. The van der Waals surface area contributed by atoms with Crippen molar-refractivity contribution < 1.29 is 33.9 Å². The Balaban J connectivity index is 0. The van der Waals surface area contributed by atoms with Gasteiger partial charge in [-0.05, 0) is 19.8 Å². The van der Waals surface area contributed by atoms with Crippen molar-refractivity contribution in [3.05, 3.63) is 12.2 Å². The Morgan fingerprint density at radius 3 is 2.10 bits per heavy atom. The van der Waals surface area contributed by atoms with Crippen molar-refractivity contribution in [1.82, 2.24) is 0 Å². The van der Waals surface area contributed by atoms with E-state index in [1.54, 1.807) is 6.92 Å². The maximum absolute atomic E-state index is 11.3.